The quantitative estimate of drug-likeness (QED) is 0.612. The number of ether oxygens (including phenoxy) is 1. The molecule has 90 valence electrons. The Hall–Kier alpha value is -0.910. The van der Waals surface area contributed by atoms with Crippen molar-refractivity contribution in [1.82, 2.24) is 0 Å². The van der Waals surface area contributed by atoms with Gasteiger partial charge in [-0.2, -0.15) is 0 Å². The van der Waals surface area contributed by atoms with Gasteiger partial charge in [0.25, 0.3) is 0 Å². The summed E-state index contributed by atoms with van der Waals surface area (Å²) in [7, 11) is 0. The van der Waals surface area contributed by atoms with Gasteiger partial charge in [-0.3, -0.25) is 4.79 Å². The maximum atomic E-state index is 11.8. The molecule has 0 spiro atoms. The minimum atomic E-state index is -0.291. The second-order valence-electron chi connectivity index (χ2n) is 4.15. The Kier molecular flexibility index (Phi) is 4.15. The number of rotatable bonds is 2. The van der Waals surface area contributed by atoms with E-state index in [9.17, 15) is 9.59 Å². The molecule has 17 heavy (non-hydrogen) atoms. The predicted molar refractivity (Wildman–Crippen MR) is 71.8 cm³/mol. The molecule has 0 N–H and O–H groups in total. The molecule has 1 aliphatic carbocycles. The van der Waals surface area contributed by atoms with E-state index in [1.54, 1.807) is 12.1 Å². The van der Waals surface area contributed by atoms with Crippen LogP contribution >= 0.6 is 22.6 Å². The Morgan fingerprint density at radius 3 is 2.35 bits per heavy atom. The van der Waals surface area contributed by atoms with Crippen molar-refractivity contribution in [2.75, 3.05) is 0 Å². The summed E-state index contributed by atoms with van der Waals surface area (Å²) in [6.45, 7) is 0. The van der Waals surface area contributed by atoms with E-state index in [1.165, 1.54) is 0 Å². The summed E-state index contributed by atoms with van der Waals surface area (Å²) in [4.78, 5) is 22.9. The maximum absolute atomic E-state index is 11.8. The minimum Gasteiger partial charge on any atom is -0.459 e. The van der Waals surface area contributed by atoms with Gasteiger partial charge < -0.3 is 4.74 Å². The first-order chi connectivity index (χ1) is 8.15. The summed E-state index contributed by atoms with van der Waals surface area (Å²) in [6, 6.07) is 7.28. The summed E-state index contributed by atoms with van der Waals surface area (Å²) in [5.74, 6) is -0.0210. The van der Waals surface area contributed by atoms with Crippen molar-refractivity contribution < 1.29 is 14.3 Å². The van der Waals surface area contributed by atoms with Gasteiger partial charge in [0.1, 0.15) is 11.9 Å². The number of benzene rings is 1. The van der Waals surface area contributed by atoms with E-state index < -0.39 is 0 Å². The molecule has 0 bridgehead atoms. The molecule has 0 aromatic heterocycles. The first-order valence-corrected chi connectivity index (χ1v) is 6.71. The van der Waals surface area contributed by atoms with Gasteiger partial charge in [0.05, 0.1) is 5.56 Å². The highest BCUT2D eigenvalue weighted by molar-refractivity contribution is 14.1. The van der Waals surface area contributed by atoms with Crippen molar-refractivity contribution in [2.45, 2.75) is 31.8 Å². The molecule has 4 heteroatoms. The highest BCUT2D eigenvalue weighted by Crippen LogP contribution is 2.19. The summed E-state index contributed by atoms with van der Waals surface area (Å²) in [5.41, 5.74) is 0.572. The predicted octanol–water partition coefficient (Wildman–Crippen LogP) is 2.96. The largest absolute Gasteiger partial charge is 0.459 e. The molecule has 0 radical (unpaired) electrons. The number of ketones is 1. The van der Waals surface area contributed by atoms with Gasteiger partial charge >= 0.3 is 5.97 Å². The molecule has 0 unspecified atom stereocenters. The molecular weight excluding hydrogens is 331 g/mol. The van der Waals surface area contributed by atoms with Crippen LogP contribution < -0.4 is 0 Å². The van der Waals surface area contributed by atoms with Crippen LogP contribution in [0, 0.1) is 3.57 Å². The van der Waals surface area contributed by atoms with Gasteiger partial charge in [-0.25, -0.2) is 4.79 Å². The number of hydrogen-bond donors (Lipinski definition) is 0. The lowest BCUT2D eigenvalue weighted by molar-refractivity contribution is -0.122. The highest BCUT2D eigenvalue weighted by Gasteiger charge is 2.22. The van der Waals surface area contributed by atoms with Crippen LogP contribution in [0.4, 0.5) is 0 Å². The summed E-state index contributed by atoms with van der Waals surface area (Å²) < 4.78 is 6.46. The zero-order valence-corrected chi connectivity index (χ0v) is 11.5. The van der Waals surface area contributed by atoms with E-state index in [0.29, 0.717) is 31.2 Å². The topological polar surface area (TPSA) is 43.4 Å². The first kappa shape index (κ1) is 12.5. The molecule has 0 aliphatic heterocycles. The Labute approximate surface area is 114 Å². The zero-order valence-electron chi connectivity index (χ0n) is 9.32. The van der Waals surface area contributed by atoms with Crippen LogP contribution in [0.3, 0.4) is 0 Å². The minimum absolute atomic E-state index is 0.0977. The fourth-order valence-electron chi connectivity index (χ4n) is 1.84. The third kappa shape index (κ3) is 3.52. The average molecular weight is 344 g/mol. The highest BCUT2D eigenvalue weighted by atomic mass is 127. The Bertz CT molecular complexity index is 415. The van der Waals surface area contributed by atoms with Crippen molar-refractivity contribution in [3.8, 4) is 0 Å². The molecule has 3 nitrogen and oxygen atoms in total. The zero-order chi connectivity index (χ0) is 12.3. The van der Waals surface area contributed by atoms with Crippen molar-refractivity contribution in [2.24, 2.45) is 0 Å². The number of carbonyl (C=O) groups is 2. The fourth-order valence-corrected chi connectivity index (χ4v) is 2.20. The van der Waals surface area contributed by atoms with Crippen LogP contribution in [0.15, 0.2) is 24.3 Å². The fraction of sp³-hybridized carbons (Fsp3) is 0.385. The van der Waals surface area contributed by atoms with E-state index in [0.717, 1.165) is 3.57 Å². The number of hydrogen-bond acceptors (Lipinski definition) is 3. The van der Waals surface area contributed by atoms with Gasteiger partial charge in [-0.05, 0) is 59.7 Å². The smallest absolute Gasteiger partial charge is 0.338 e. The van der Waals surface area contributed by atoms with E-state index in [1.807, 2.05) is 12.1 Å². The average Bonchev–Trinajstić information content (AvgIpc) is 2.33. The molecule has 0 saturated heterocycles. The normalized spacial score (nSPS) is 16.9. The van der Waals surface area contributed by atoms with Crippen LogP contribution in [0.2, 0.25) is 0 Å². The van der Waals surface area contributed by atoms with Crippen LogP contribution in [0.25, 0.3) is 0 Å². The molecule has 1 saturated carbocycles. The van der Waals surface area contributed by atoms with Gasteiger partial charge in [0.2, 0.25) is 0 Å². The number of carbonyl (C=O) groups excluding carboxylic acids is 2. The third-order valence-electron chi connectivity index (χ3n) is 2.84. The van der Waals surface area contributed by atoms with Crippen LogP contribution in [0.5, 0.6) is 0 Å². The Morgan fingerprint density at radius 2 is 1.76 bits per heavy atom. The molecule has 1 aliphatic rings. The van der Waals surface area contributed by atoms with Gasteiger partial charge in [0.15, 0.2) is 0 Å². The molecule has 2 rings (SSSR count). The Balaban J connectivity index is 1.93. The number of Topliss-reactive ketones (excluding diaryl/α,β-unsaturated/α-hetero) is 1. The van der Waals surface area contributed by atoms with Crippen molar-refractivity contribution in [1.29, 1.82) is 0 Å². The molecule has 1 fully saturated rings. The summed E-state index contributed by atoms with van der Waals surface area (Å²) in [6.07, 6.45) is 2.29. The third-order valence-corrected chi connectivity index (χ3v) is 3.56. The van der Waals surface area contributed by atoms with E-state index >= 15 is 0 Å². The lowest BCUT2D eigenvalue weighted by Crippen LogP contribution is -2.24. The summed E-state index contributed by atoms with van der Waals surface area (Å²) in [5, 5.41) is 0. The second-order valence-corrected chi connectivity index (χ2v) is 5.40. The maximum Gasteiger partial charge on any atom is 0.338 e. The molecule has 1 aromatic rings. The van der Waals surface area contributed by atoms with Crippen molar-refractivity contribution in [3.63, 3.8) is 0 Å². The molecule has 0 atom stereocenters. The van der Waals surface area contributed by atoms with E-state index in [-0.39, 0.29) is 17.9 Å². The SMILES string of the molecule is O=C1CCC(OC(=O)c2ccc(I)cc2)CC1. The van der Waals surface area contributed by atoms with Crippen LogP contribution in [-0.4, -0.2) is 17.9 Å². The molecular formula is C13H13IO3. The standard InChI is InChI=1S/C13H13IO3/c14-10-3-1-9(2-4-10)13(16)17-12-7-5-11(15)6-8-12/h1-4,12H,5-8H2. The summed E-state index contributed by atoms with van der Waals surface area (Å²) >= 11 is 2.19. The van der Waals surface area contributed by atoms with Crippen molar-refractivity contribution in [3.05, 3.63) is 33.4 Å². The monoisotopic (exact) mass is 344 g/mol. The van der Waals surface area contributed by atoms with E-state index in [2.05, 4.69) is 22.6 Å². The lowest BCUT2D eigenvalue weighted by Gasteiger charge is -2.21. The van der Waals surface area contributed by atoms with Gasteiger partial charge in [-0.15, -0.1) is 0 Å². The number of halogens is 1. The molecule has 0 amide bonds. The van der Waals surface area contributed by atoms with Crippen LogP contribution in [0.1, 0.15) is 36.0 Å². The molecule has 1 aromatic carbocycles. The molecule has 0 heterocycles. The van der Waals surface area contributed by atoms with Gasteiger partial charge in [-0.1, -0.05) is 0 Å². The van der Waals surface area contributed by atoms with E-state index in [4.69, 9.17) is 4.74 Å². The second kappa shape index (κ2) is 5.62. The Morgan fingerprint density at radius 1 is 1.18 bits per heavy atom. The van der Waals surface area contributed by atoms with Gasteiger partial charge in [0, 0.05) is 16.4 Å². The first-order valence-electron chi connectivity index (χ1n) is 5.63. The van der Waals surface area contributed by atoms with Crippen LogP contribution in [-0.2, 0) is 9.53 Å². The number of esters is 1. The van der Waals surface area contributed by atoms with Crippen molar-refractivity contribution >= 4 is 34.3 Å². The lowest BCUT2D eigenvalue weighted by atomic mass is 9.96.